The lowest BCUT2D eigenvalue weighted by molar-refractivity contribution is -0.384. The smallest absolute Gasteiger partial charge is 0.336 e. The normalized spacial score (nSPS) is 16.8. The van der Waals surface area contributed by atoms with E-state index in [2.05, 4.69) is 5.32 Å². The zero-order valence-corrected chi connectivity index (χ0v) is 18.7. The van der Waals surface area contributed by atoms with Crippen LogP contribution in [0.1, 0.15) is 40.1 Å². The third kappa shape index (κ3) is 3.14. The highest BCUT2D eigenvalue weighted by atomic mass is 16.6. The summed E-state index contributed by atoms with van der Waals surface area (Å²) in [5, 5.41) is 14.5. The molecule has 34 heavy (non-hydrogen) atoms. The number of Topliss-reactive ketones (excluding diaryl/α,β-unsaturated/α-hetero) is 1. The number of hydrogen-bond acceptors (Lipinski definition) is 7. The Balaban J connectivity index is 1.67. The van der Waals surface area contributed by atoms with Crippen LogP contribution in [0.15, 0.2) is 75.9 Å². The summed E-state index contributed by atoms with van der Waals surface area (Å²) in [5.41, 5.74) is 4.48. The first-order valence-corrected chi connectivity index (χ1v) is 10.6. The number of allylic oxidation sites excluding steroid dienone is 2. The van der Waals surface area contributed by atoms with Gasteiger partial charge in [-0.1, -0.05) is 30.3 Å². The summed E-state index contributed by atoms with van der Waals surface area (Å²) in [6, 6.07) is 15.2. The number of fused-ring (bicyclic) bond motifs is 2. The van der Waals surface area contributed by atoms with Crippen molar-refractivity contribution in [3.8, 4) is 11.3 Å². The van der Waals surface area contributed by atoms with E-state index in [9.17, 15) is 19.7 Å². The average molecular weight is 456 g/mol. The second kappa shape index (κ2) is 7.84. The molecule has 0 saturated heterocycles. The molecule has 0 amide bonds. The number of hydrogen-bond donors (Lipinski definition) is 1. The quantitative estimate of drug-likeness (QED) is 0.337. The highest BCUT2D eigenvalue weighted by Crippen LogP contribution is 2.47. The van der Waals surface area contributed by atoms with Gasteiger partial charge in [-0.15, -0.1) is 0 Å². The highest BCUT2D eigenvalue weighted by Gasteiger charge is 2.44. The number of ether oxygens (including phenoxy) is 1. The van der Waals surface area contributed by atoms with Gasteiger partial charge in [0.15, 0.2) is 5.78 Å². The Kier molecular flexibility index (Phi) is 4.93. The summed E-state index contributed by atoms with van der Waals surface area (Å²) < 4.78 is 11.2. The van der Waals surface area contributed by atoms with Gasteiger partial charge in [-0.2, -0.15) is 0 Å². The van der Waals surface area contributed by atoms with E-state index in [1.54, 1.807) is 37.3 Å². The van der Waals surface area contributed by atoms with Crippen molar-refractivity contribution in [2.45, 2.75) is 19.8 Å². The number of methoxy groups -OCH3 is 1. The maximum Gasteiger partial charge on any atom is 0.336 e. The molecule has 1 N–H and O–H groups in total. The van der Waals surface area contributed by atoms with Crippen LogP contribution < -0.4 is 5.32 Å². The molecule has 1 aromatic heterocycles. The fraction of sp³-hybridized carbons (Fsp3) is 0.154. The minimum absolute atomic E-state index is 0.0576. The number of rotatable bonds is 4. The molecule has 8 nitrogen and oxygen atoms in total. The van der Waals surface area contributed by atoms with E-state index in [0.29, 0.717) is 39.6 Å². The molecule has 8 heteroatoms. The molecule has 5 rings (SSSR count). The Morgan fingerprint density at radius 2 is 1.79 bits per heavy atom. The number of carbonyl (C=O) groups is 2. The molecule has 2 heterocycles. The van der Waals surface area contributed by atoms with E-state index in [1.807, 2.05) is 19.1 Å². The Morgan fingerprint density at radius 1 is 1.06 bits per heavy atom. The molecular formula is C26H20N2O6. The third-order valence-electron chi connectivity index (χ3n) is 6.26. The minimum Gasteiger partial charge on any atom is -0.466 e. The van der Waals surface area contributed by atoms with Gasteiger partial charge < -0.3 is 14.5 Å². The molecule has 0 fully saturated rings. The first-order valence-electron chi connectivity index (χ1n) is 10.6. The van der Waals surface area contributed by atoms with Crippen molar-refractivity contribution < 1.29 is 23.7 Å². The number of furan rings is 1. The lowest BCUT2D eigenvalue weighted by Gasteiger charge is -2.27. The Hall–Kier alpha value is -4.46. The average Bonchev–Trinajstić information content (AvgIpc) is 3.42. The van der Waals surface area contributed by atoms with Crippen LogP contribution in [0.4, 0.5) is 5.69 Å². The molecule has 0 bridgehead atoms. The molecule has 2 aliphatic rings. The van der Waals surface area contributed by atoms with Crippen molar-refractivity contribution in [3.05, 3.63) is 104 Å². The zero-order valence-electron chi connectivity index (χ0n) is 18.7. The van der Waals surface area contributed by atoms with Gasteiger partial charge in [-0.3, -0.25) is 14.9 Å². The number of esters is 1. The van der Waals surface area contributed by atoms with Crippen LogP contribution in [0.25, 0.3) is 17.0 Å². The molecule has 0 radical (unpaired) electrons. The number of nitro groups is 1. The summed E-state index contributed by atoms with van der Waals surface area (Å²) >= 11 is 0. The molecule has 1 atom stereocenters. The van der Waals surface area contributed by atoms with E-state index in [-0.39, 0.29) is 17.0 Å². The maximum atomic E-state index is 13.4. The van der Waals surface area contributed by atoms with Gasteiger partial charge in [0.25, 0.3) is 5.69 Å². The molecule has 1 aliphatic carbocycles. The molecule has 170 valence electrons. The van der Waals surface area contributed by atoms with Crippen LogP contribution in [-0.4, -0.2) is 23.8 Å². The number of nitrogens with zero attached hydrogens (tertiary/aromatic N) is 1. The molecule has 0 saturated carbocycles. The molecule has 1 aliphatic heterocycles. The third-order valence-corrected chi connectivity index (χ3v) is 6.26. The Bertz CT molecular complexity index is 1460. The van der Waals surface area contributed by atoms with Gasteiger partial charge in [0.05, 0.1) is 29.2 Å². The van der Waals surface area contributed by atoms with Gasteiger partial charge in [0, 0.05) is 40.1 Å². The van der Waals surface area contributed by atoms with E-state index < -0.39 is 16.8 Å². The number of aryl methyl sites for hydroxylation is 1. The van der Waals surface area contributed by atoms with Crippen LogP contribution in [-0.2, 0) is 9.53 Å². The van der Waals surface area contributed by atoms with Crippen LogP contribution in [0, 0.1) is 17.0 Å². The maximum absolute atomic E-state index is 13.4. The van der Waals surface area contributed by atoms with Gasteiger partial charge in [-0.25, -0.2) is 4.79 Å². The van der Waals surface area contributed by atoms with Crippen molar-refractivity contribution in [2.75, 3.05) is 7.11 Å². The molecule has 0 spiro atoms. The summed E-state index contributed by atoms with van der Waals surface area (Å²) in [6.07, 6.45) is 0. The van der Waals surface area contributed by atoms with Gasteiger partial charge >= 0.3 is 5.97 Å². The van der Waals surface area contributed by atoms with E-state index in [4.69, 9.17) is 9.15 Å². The fourth-order valence-corrected chi connectivity index (χ4v) is 4.64. The lowest BCUT2D eigenvalue weighted by Crippen LogP contribution is -2.28. The topological polar surface area (TPSA) is 112 Å². The molecule has 2 aromatic carbocycles. The largest absolute Gasteiger partial charge is 0.466 e. The van der Waals surface area contributed by atoms with Crippen molar-refractivity contribution >= 4 is 23.1 Å². The molecule has 0 unspecified atom stereocenters. The number of carbonyl (C=O) groups excluding carboxylic acids is 2. The zero-order chi connectivity index (χ0) is 24.1. The minimum atomic E-state index is -0.795. The number of nitro benzene ring substituents is 1. The van der Waals surface area contributed by atoms with E-state index in [0.717, 1.165) is 11.1 Å². The summed E-state index contributed by atoms with van der Waals surface area (Å²) in [6.45, 7) is 3.58. The Morgan fingerprint density at radius 3 is 2.50 bits per heavy atom. The van der Waals surface area contributed by atoms with Gasteiger partial charge in [0.1, 0.15) is 11.5 Å². The SMILES string of the molecule is COC(=O)C1=C(C)NC2=C(C(=O)c3ccccc32)[C@@H]1c1ccc(-c2cc([N+](=O)[O-])ccc2C)o1. The number of benzene rings is 2. The standard InChI is InChI=1S/C26H20N2O6/c1-13-8-9-15(28(31)32)12-18(13)19-10-11-20(34-19)22-21(26(30)33-3)14(2)27-24-16-6-4-5-7-17(16)25(29)23(22)24/h4-12,22,27H,1-3H3/t22-/m1/s1. The first-order chi connectivity index (χ1) is 16.3. The lowest BCUT2D eigenvalue weighted by atomic mass is 9.83. The summed E-state index contributed by atoms with van der Waals surface area (Å²) in [7, 11) is 1.29. The second-order valence-corrected chi connectivity index (χ2v) is 8.21. The Labute approximate surface area is 194 Å². The highest BCUT2D eigenvalue weighted by molar-refractivity contribution is 6.23. The number of nitrogens with one attached hydrogen (secondary N) is 1. The predicted molar refractivity (Wildman–Crippen MR) is 124 cm³/mol. The second-order valence-electron chi connectivity index (χ2n) is 8.21. The van der Waals surface area contributed by atoms with E-state index >= 15 is 0 Å². The summed E-state index contributed by atoms with van der Waals surface area (Å²) in [4.78, 5) is 37.1. The van der Waals surface area contributed by atoms with Crippen LogP contribution in [0.2, 0.25) is 0 Å². The monoisotopic (exact) mass is 456 g/mol. The van der Waals surface area contributed by atoms with Crippen molar-refractivity contribution in [1.29, 1.82) is 0 Å². The van der Waals surface area contributed by atoms with Crippen LogP contribution in [0.5, 0.6) is 0 Å². The van der Waals surface area contributed by atoms with E-state index in [1.165, 1.54) is 19.2 Å². The summed E-state index contributed by atoms with van der Waals surface area (Å²) in [5.74, 6) is -0.787. The van der Waals surface area contributed by atoms with Crippen molar-refractivity contribution in [2.24, 2.45) is 0 Å². The fourth-order valence-electron chi connectivity index (χ4n) is 4.64. The first kappa shape index (κ1) is 21.4. The van der Waals surface area contributed by atoms with Crippen LogP contribution >= 0.6 is 0 Å². The van der Waals surface area contributed by atoms with Crippen LogP contribution in [0.3, 0.4) is 0 Å². The number of non-ortho nitro benzene ring substituents is 1. The van der Waals surface area contributed by atoms with Crippen molar-refractivity contribution in [3.63, 3.8) is 0 Å². The van der Waals surface area contributed by atoms with Crippen molar-refractivity contribution in [1.82, 2.24) is 5.32 Å². The van der Waals surface area contributed by atoms with Gasteiger partial charge in [0.2, 0.25) is 0 Å². The molecular weight excluding hydrogens is 436 g/mol. The van der Waals surface area contributed by atoms with Gasteiger partial charge in [-0.05, 0) is 31.5 Å². The molecule has 3 aromatic rings. The number of ketones is 1. The number of dihydropyridines is 1. The predicted octanol–water partition coefficient (Wildman–Crippen LogP) is 4.90.